The fourth-order valence-corrected chi connectivity index (χ4v) is 9.94. The summed E-state index contributed by atoms with van der Waals surface area (Å²) < 4.78 is 13.9. The number of para-hydroxylation sites is 4. The molecule has 0 N–H and O–H groups in total. The van der Waals surface area contributed by atoms with Crippen LogP contribution < -0.4 is 0 Å². The summed E-state index contributed by atoms with van der Waals surface area (Å²) in [5, 5.41) is 9.42. The molecule has 1 aliphatic carbocycles. The van der Waals surface area contributed by atoms with Crippen LogP contribution >= 0.6 is 0 Å². The monoisotopic (exact) mass is 750 g/mol. The molecule has 13 rings (SSSR count). The standard InChI is InChI=1S/C57H34O2/c1-3-15-40-34(11-1)13-5-19-44(40)46-21-9-25-50-48-23-7-17-42(54(48)58-56(46)50)38-29-27-36-31-37-28-30-39(33-53(37)52(36)32-38)43-18-8-24-49-51-26-10-22-47(57(51)59-55(43)49)45-20-6-14-35-12-2-4-16-41(35)45/h1-30,32-33H,31H2. The lowest BCUT2D eigenvalue weighted by Gasteiger charge is -2.09. The van der Waals surface area contributed by atoms with E-state index in [1.54, 1.807) is 0 Å². The fourth-order valence-electron chi connectivity index (χ4n) is 9.94. The van der Waals surface area contributed by atoms with E-state index < -0.39 is 0 Å². The van der Waals surface area contributed by atoms with Crippen molar-refractivity contribution in [3.8, 4) is 55.6 Å². The Hall–Kier alpha value is -7.68. The Kier molecular flexibility index (Phi) is 6.82. The lowest BCUT2D eigenvalue weighted by atomic mass is 9.94. The van der Waals surface area contributed by atoms with Gasteiger partial charge in [0.1, 0.15) is 22.3 Å². The van der Waals surface area contributed by atoms with Crippen molar-refractivity contribution in [1.29, 1.82) is 0 Å². The highest BCUT2D eigenvalue weighted by molar-refractivity contribution is 6.16. The summed E-state index contributed by atoms with van der Waals surface area (Å²) in [5.41, 5.74) is 18.0. The second-order valence-electron chi connectivity index (χ2n) is 15.9. The largest absolute Gasteiger partial charge is 0.455 e. The van der Waals surface area contributed by atoms with Crippen LogP contribution in [0.2, 0.25) is 0 Å². The van der Waals surface area contributed by atoms with Crippen LogP contribution in [0.25, 0.3) is 121 Å². The van der Waals surface area contributed by atoms with Crippen LogP contribution in [0.4, 0.5) is 0 Å². The van der Waals surface area contributed by atoms with Gasteiger partial charge in [0.15, 0.2) is 0 Å². The van der Waals surface area contributed by atoms with Gasteiger partial charge in [0.25, 0.3) is 0 Å². The van der Waals surface area contributed by atoms with Crippen molar-refractivity contribution in [2.24, 2.45) is 0 Å². The molecule has 2 aromatic heterocycles. The van der Waals surface area contributed by atoms with Crippen molar-refractivity contribution in [3.63, 3.8) is 0 Å². The van der Waals surface area contributed by atoms with Crippen LogP contribution in [0, 0.1) is 0 Å². The topological polar surface area (TPSA) is 26.3 Å². The first-order valence-electron chi connectivity index (χ1n) is 20.4. The lowest BCUT2D eigenvalue weighted by Crippen LogP contribution is -1.84. The van der Waals surface area contributed by atoms with Crippen molar-refractivity contribution in [2.75, 3.05) is 0 Å². The summed E-state index contributed by atoms with van der Waals surface area (Å²) in [7, 11) is 0. The van der Waals surface area contributed by atoms with Gasteiger partial charge in [-0.1, -0.05) is 182 Å². The van der Waals surface area contributed by atoms with E-state index in [2.05, 4.69) is 194 Å². The molecule has 2 heterocycles. The van der Waals surface area contributed by atoms with Gasteiger partial charge in [0.05, 0.1) is 0 Å². The van der Waals surface area contributed by atoms with Gasteiger partial charge in [-0.25, -0.2) is 0 Å². The summed E-state index contributed by atoms with van der Waals surface area (Å²) in [6.45, 7) is 0. The van der Waals surface area contributed by atoms with Crippen LogP contribution in [0.1, 0.15) is 11.1 Å². The van der Waals surface area contributed by atoms with E-state index in [4.69, 9.17) is 8.83 Å². The maximum Gasteiger partial charge on any atom is 0.143 e. The van der Waals surface area contributed by atoms with Crippen LogP contribution in [0.15, 0.2) is 203 Å². The van der Waals surface area contributed by atoms with E-state index in [-0.39, 0.29) is 0 Å². The molecule has 2 heteroatoms. The number of furan rings is 2. The molecule has 0 amide bonds. The van der Waals surface area contributed by atoms with Gasteiger partial charge >= 0.3 is 0 Å². The Morgan fingerprint density at radius 2 is 0.593 bits per heavy atom. The molecule has 1 aliphatic rings. The van der Waals surface area contributed by atoms with E-state index in [0.29, 0.717) is 0 Å². The third kappa shape index (κ3) is 4.81. The lowest BCUT2D eigenvalue weighted by molar-refractivity contribution is 0.671. The molecule has 0 radical (unpaired) electrons. The highest BCUT2D eigenvalue weighted by Gasteiger charge is 2.23. The van der Waals surface area contributed by atoms with Gasteiger partial charge < -0.3 is 8.83 Å². The van der Waals surface area contributed by atoms with Gasteiger partial charge in [0, 0.05) is 43.8 Å². The molecule has 0 atom stereocenters. The van der Waals surface area contributed by atoms with Crippen LogP contribution in [0.3, 0.4) is 0 Å². The molecule has 274 valence electrons. The SMILES string of the molecule is c1ccc2c(-c3cccc4c3oc3c(-c5ccc6c(c5)-c5cc(-c7cccc8c7oc7c(-c9cccc%10ccccc9%10)cccc78)ccc5C6)cccc34)cccc2c1. The third-order valence-corrected chi connectivity index (χ3v) is 12.7. The average Bonchev–Trinajstić information content (AvgIpc) is 4.00. The van der Waals surface area contributed by atoms with E-state index >= 15 is 0 Å². The summed E-state index contributed by atoms with van der Waals surface area (Å²) >= 11 is 0. The second kappa shape index (κ2) is 12.4. The maximum absolute atomic E-state index is 6.95. The predicted molar refractivity (Wildman–Crippen MR) is 246 cm³/mol. The molecule has 0 bridgehead atoms. The summed E-state index contributed by atoms with van der Waals surface area (Å²) in [6, 6.07) is 70.2. The van der Waals surface area contributed by atoms with Crippen molar-refractivity contribution in [2.45, 2.75) is 6.42 Å². The predicted octanol–water partition coefficient (Wildman–Crippen LogP) is 16.0. The normalized spacial score (nSPS) is 12.3. The van der Waals surface area contributed by atoms with Crippen molar-refractivity contribution in [1.82, 2.24) is 0 Å². The first-order valence-corrected chi connectivity index (χ1v) is 20.4. The van der Waals surface area contributed by atoms with E-state index in [1.165, 1.54) is 54.9 Å². The first-order chi connectivity index (χ1) is 29.2. The third-order valence-electron chi connectivity index (χ3n) is 12.7. The molecule has 0 spiro atoms. The molecule has 0 saturated heterocycles. The van der Waals surface area contributed by atoms with Gasteiger partial charge in [-0.2, -0.15) is 0 Å². The zero-order valence-electron chi connectivity index (χ0n) is 32.0. The number of hydrogen-bond donors (Lipinski definition) is 0. The number of benzene rings is 10. The average molecular weight is 751 g/mol. The molecular formula is C57H34O2. The molecule has 12 aromatic rings. The van der Waals surface area contributed by atoms with Crippen molar-refractivity contribution >= 4 is 65.4 Å². The molecular weight excluding hydrogens is 717 g/mol. The van der Waals surface area contributed by atoms with Gasteiger partial charge in [-0.15, -0.1) is 0 Å². The van der Waals surface area contributed by atoms with Gasteiger partial charge in [-0.3, -0.25) is 0 Å². The molecule has 10 aromatic carbocycles. The van der Waals surface area contributed by atoms with Gasteiger partial charge in [-0.05, 0) is 84.6 Å². The minimum atomic E-state index is 0.914. The van der Waals surface area contributed by atoms with Crippen LogP contribution in [0.5, 0.6) is 0 Å². The Labute approximate surface area is 340 Å². The summed E-state index contributed by atoms with van der Waals surface area (Å²) in [6.07, 6.45) is 0.914. The molecule has 59 heavy (non-hydrogen) atoms. The molecule has 0 fully saturated rings. The second-order valence-corrected chi connectivity index (χ2v) is 15.9. The van der Waals surface area contributed by atoms with E-state index in [9.17, 15) is 0 Å². The Morgan fingerprint density at radius 1 is 0.254 bits per heavy atom. The zero-order chi connectivity index (χ0) is 38.6. The summed E-state index contributed by atoms with van der Waals surface area (Å²) in [5.74, 6) is 0. The smallest absolute Gasteiger partial charge is 0.143 e. The van der Waals surface area contributed by atoms with E-state index in [0.717, 1.165) is 83.7 Å². The summed E-state index contributed by atoms with van der Waals surface area (Å²) in [4.78, 5) is 0. The number of fused-ring (bicyclic) bond motifs is 11. The Morgan fingerprint density at radius 3 is 1.05 bits per heavy atom. The van der Waals surface area contributed by atoms with Crippen molar-refractivity contribution in [3.05, 3.63) is 205 Å². The fraction of sp³-hybridized carbons (Fsp3) is 0.0175. The van der Waals surface area contributed by atoms with Crippen LogP contribution in [-0.2, 0) is 6.42 Å². The molecule has 0 saturated carbocycles. The maximum atomic E-state index is 6.95. The minimum absolute atomic E-state index is 0.914. The quantitative estimate of drug-likeness (QED) is 0.179. The number of rotatable bonds is 4. The molecule has 2 nitrogen and oxygen atoms in total. The van der Waals surface area contributed by atoms with E-state index in [1.807, 2.05) is 0 Å². The highest BCUT2D eigenvalue weighted by atomic mass is 16.3. The van der Waals surface area contributed by atoms with Crippen molar-refractivity contribution < 1.29 is 8.83 Å². The van der Waals surface area contributed by atoms with Gasteiger partial charge in [0.2, 0.25) is 0 Å². The Bertz CT molecular complexity index is 3450. The zero-order valence-corrected chi connectivity index (χ0v) is 32.0. The molecule has 0 aliphatic heterocycles. The molecule has 0 unspecified atom stereocenters. The highest BCUT2D eigenvalue weighted by Crippen LogP contribution is 2.46. The van der Waals surface area contributed by atoms with Crippen LogP contribution in [-0.4, -0.2) is 0 Å². The number of hydrogen-bond acceptors (Lipinski definition) is 2. The Balaban J connectivity index is 0.932. The first kappa shape index (κ1) is 32.4. The minimum Gasteiger partial charge on any atom is -0.455 e.